The Labute approximate surface area is 159 Å². The first-order valence-corrected chi connectivity index (χ1v) is 10.5. The van der Waals surface area contributed by atoms with Gasteiger partial charge in [0.1, 0.15) is 0 Å². The summed E-state index contributed by atoms with van der Waals surface area (Å²) in [5.74, 6) is 1.48. The van der Waals surface area contributed by atoms with Crippen molar-refractivity contribution in [3.63, 3.8) is 0 Å². The van der Waals surface area contributed by atoms with Gasteiger partial charge in [0.2, 0.25) is 5.91 Å². The van der Waals surface area contributed by atoms with Gasteiger partial charge in [0.25, 0.3) is 0 Å². The average molecular weight is 357 g/mol. The number of benzene rings is 1. The van der Waals surface area contributed by atoms with E-state index < -0.39 is 0 Å². The Morgan fingerprint density at radius 2 is 1.92 bits per heavy atom. The molecule has 2 aliphatic heterocycles. The lowest BCUT2D eigenvalue weighted by Crippen LogP contribution is -2.37. The minimum atomic E-state index is 0.174. The van der Waals surface area contributed by atoms with Crippen molar-refractivity contribution in [3.8, 4) is 0 Å². The molecule has 144 valence electrons. The van der Waals surface area contributed by atoms with Gasteiger partial charge < -0.3 is 10.2 Å². The molecule has 26 heavy (non-hydrogen) atoms. The summed E-state index contributed by atoms with van der Waals surface area (Å²) in [6.45, 7) is 12.1. The van der Waals surface area contributed by atoms with E-state index >= 15 is 0 Å². The van der Waals surface area contributed by atoms with Crippen molar-refractivity contribution in [1.29, 1.82) is 0 Å². The van der Waals surface area contributed by atoms with Crippen molar-refractivity contribution in [2.24, 2.45) is 11.8 Å². The summed E-state index contributed by atoms with van der Waals surface area (Å²) in [5, 5.41) is 3.49. The molecule has 0 aliphatic carbocycles. The molecule has 1 aromatic carbocycles. The first kappa shape index (κ1) is 19.4. The largest absolute Gasteiger partial charge is 0.336 e. The average Bonchev–Trinajstić information content (AvgIpc) is 3.11. The van der Waals surface area contributed by atoms with Crippen LogP contribution in [0.15, 0.2) is 24.3 Å². The molecule has 2 heterocycles. The van der Waals surface area contributed by atoms with Crippen LogP contribution in [0.25, 0.3) is 0 Å². The minimum absolute atomic E-state index is 0.174. The van der Waals surface area contributed by atoms with Crippen LogP contribution < -0.4 is 5.32 Å². The summed E-state index contributed by atoms with van der Waals surface area (Å²) in [6, 6.07) is 9.24. The molecule has 2 saturated heterocycles. The predicted octanol–water partition coefficient (Wildman–Crippen LogP) is 4.67. The Balaban J connectivity index is 1.64. The van der Waals surface area contributed by atoms with Crippen molar-refractivity contribution in [3.05, 3.63) is 35.4 Å². The van der Waals surface area contributed by atoms with Gasteiger partial charge in [0, 0.05) is 13.0 Å². The van der Waals surface area contributed by atoms with E-state index in [-0.39, 0.29) is 11.5 Å². The van der Waals surface area contributed by atoms with Gasteiger partial charge in [-0.15, -0.1) is 0 Å². The standard InChI is InChI=1S/C23H36N2O/c1-17(19-7-5-13-24-16-19)15-22(26)25-14-6-8-21(25)18-9-11-20(12-10-18)23(2,3)4/h9-12,17,19,21,24H,5-8,13-16H2,1-4H3. The summed E-state index contributed by atoms with van der Waals surface area (Å²) in [7, 11) is 0. The molecule has 1 amide bonds. The van der Waals surface area contributed by atoms with Gasteiger partial charge in [0.15, 0.2) is 0 Å². The van der Waals surface area contributed by atoms with E-state index in [4.69, 9.17) is 0 Å². The predicted molar refractivity (Wildman–Crippen MR) is 108 cm³/mol. The Morgan fingerprint density at radius 3 is 2.54 bits per heavy atom. The first-order chi connectivity index (χ1) is 12.4. The molecule has 3 nitrogen and oxygen atoms in total. The van der Waals surface area contributed by atoms with E-state index in [1.54, 1.807) is 0 Å². The minimum Gasteiger partial charge on any atom is -0.336 e. The van der Waals surface area contributed by atoms with Gasteiger partial charge in [-0.2, -0.15) is 0 Å². The van der Waals surface area contributed by atoms with Gasteiger partial charge in [-0.05, 0) is 67.2 Å². The van der Waals surface area contributed by atoms with Crippen LogP contribution in [-0.4, -0.2) is 30.4 Å². The molecule has 3 heteroatoms. The van der Waals surface area contributed by atoms with E-state index in [0.29, 0.717) is 24.2 Å². The number of hydrogen-bond acceptors (Lipinski definition) is 2. The second-order valence-electron chi connectivity index (χ2n) is 9.41. The van der Waals surface area contributed by atoms with Gasteiger partial charge in [-0.3, -0.25) is 4.79 Å². The second kappa shape index (κ2) is 8.12. The lowest BCUT2D eigenvalue weighted by atomic mass is 9.85. The van der Waals surface area contributed by atoms with Gasteiger partial charge in [-0.25, -0.2) is 0 Å². The third kappa shape index (κ3) is 4.49. The van der Waals surface area contributed by atoms with Crippen molar-refractivity contribution in [1.82, 2.24) is 10.2 Å². The maximum Gasteiger partial charge on any atom is 0.223 e. The molecule has 2 fully saturated rings. The summed E-state index contributed by atoms with van der Waals surface area (Å²) < 4.78 is 0. The lowest BCUT2D eigenvalue weighted by Gasteiger charge is -2.31. The molecule has 2 aliphatic rings. The third-order valence-corrected chi connectivity index (χ3v) is 6.37. The van der Waals surface area contributed by atoms with Crippen LogP contribution in [0.4, 0.5) is 0 Å². The first-order valence-electron chi connectivity index (χ1n) is 10.5. The smallest absolute Gasteiger partial charge is 0.223 e. The van der Waals surface area contributed by atoms with Crippen LogP contribution >= 0.6 is 0 Å². The molecule has 0 bridgehead atoms. The monoisotopic (exact) mass is 356 g/mol. The molecular weight excluding hydrogens is 320 g/mol. The highest BCUT2D eigenvalue weighted by Gasteiger charge is 2.32. The van der Waals surface area contributed by atoms with Gasteiger partial charge in [-0.1, -0.05) is 52.0 Å². The second-order valence-corrected chi connectivity index (χ2v) is 9.41. The van der Waals surface area contributed by atoms with E-state index in [2.05, 4.69) is 62.2 Å². The van der Waals surface area contributed by atoms with E-state index in [1.165, 1.54) is 24.0 Å². The quantitative estimate of drug-likeness (QED) is 0.850. The van der Waals surface area contributed by atoms with Crippen LogP contribution in [0.1, 0.15) is 77.0 Å². The number of nitrogens with zero attached hydrogens (tertiary/aromatic N) is 1. The summed E-state index contributed by atoms with van der Waals surface area (Å²) in [4.78, 5) is 15.2. The zero-order valence-corrected chi connectivity index (χ0v) is 17.1. The molecule has 0 saturated carbocycles. The van der Waals surface area contributed by atoms with Crippen molar-refractivity contribution in [2.45, 2.75) is 71.3 Å². The Hall–Kier alpha value is -1.35. The van der Waals surface area contributed by atoms with Crippen LogP contribution in [0.5, 0.6) is 0 Å². The maximum absolute atomic E-state index is 13.0. The Kier molecular flexibility index (Phi) is 6.06. The fourth-order valence-electron chi connectivity index (χ4n) is 4.54. The fraction of sp³-hybridized carbons (Fsp3) is 0.696. The number of carbonyl (C=O) groups excluding carboxylic acids is 1. The molecule has 3 unspecified atom stereocenters. The zero-order chi connectivity index (χ0) is 18.7. The highest BCUT2D eigenvalue weighted by atomic mass is 16.2. The third-order valence-electron chi connectivity index (χ3n) is 6.37. The molecule has 1 aromatic rings. The number of rotatable bonds is 4. The maximum atomic E-state index is 13.0. The fourth-order valence-corrected chi connectivity index (χ4v) is 4.54. The highest BCUT2D eigenvalue weighted by molar-refractivity contribution is 5.77. The van der Waals surface area contributed by atoms with Crippen molar-refractivity contribution in [2.75, 3.05) is 19.6 Å². The molecule has 0 spiro atoms. The Bertz CT molecular complexity index is 596. The van der Waals surface area contributed by atoms with Gasteiger partial charge >= 0.3 is 0 Å². The van der Waals surface area contributed by atoms with Crippen LogP contribution in [0.2, 0.25) is 0 Å². The topological polar surface area (TPSA) is 32.3 Å². The van der Waals surface area contributed by atoms with Gasteiger partial charge in [0.05, 0.1) is 6.04 Å². The molecule has 0 radical (unpaired) electrons. The van der Waals surface area contributed by atoms with Crippen molar-refractivity contribution >= 4 is 5.91 Å². The van der Waals surface area contributed by atoms with E-state index in [1.807, 2.05) is 0 Å². The van der Waals surface area contributed by atoms with Crippen LogP contribution in [0, 0.1) is 11.8 Å². The zero-order valence-electron chi connectivity index (χ0n) is 17.1. The number of piperidine rings is 1. The number of nitrogens with one attached hydrogen (secondary N) is 1. The molecule has 3 atom stereocenters. The summed E-state index contributed by atoms with van der Waals surface area (Å²) in [5.41, 5.74) is 2.83. The van der Waals surface area contributed by atoms with Crippen LogP contribution in [0.3, 0.4) is 0 Å². The Morgan fingerprint density at radius 1 is 1.19 bits per heavy atom. The number of likely N-dealkylation sites (tertiary alicyclic amines) is 1. The normalized spacial score (nSPS) is 25.3. The lowest BCUT2D eigenvalue weighted by molar-refractivity contribution is -0.133. The van der Waals surface area contributed by atoms with Crippen LogP contribution in [-0.2, 0) is 10.2 Å². The molecule has 0 aromatic heterocycles. The molecular formula is C23H36N2O. The number of hydrogen-bond donors (Lipinski definition) is 1. The van der Waals surface area contributed by atoms with E-state index in [9.17, 15) is 4.79 Å². The number of carbonyl (C=O) groups is 1. The molecule has 3 rings (SSSR count). The number of amides is 1. The highest BCUT2D eigenvalue weighted by Crippen LogP contribution is 2.35. The van der Waals surface area contributed by atoms with E-state index in [0.717, 1.165) is 32.5 Å². The SMILES string of the molecule is CC(CC(=O)N1CCCC1c1ccc(C(C)(C)C)cc1)C1CCCNC1. The van der Waals surface area contributed by atoms with Crippen molar-refractivity contribution < 1.29 is 4.79 Å². The summed E-state index contributed by atoms with van der Waals surface area (Å²) >= 11 is 0. The summed E-state index contributed by atoms with van der Waals surface area (Å²) in [6.07, 6.45) is 5.43. The molecule has 1 N–H and O–H groups in total.